The van der Waals surface area contributed by atoms with Gasteiger partial charge in [-0.1, -0.05) is 24.3 Å². The average Bonchev–Trinajstić information content (AvgIpc) is 2.95. The molecule has 1 N–H and O–H groups in total. The molecule has 0 saturated carbocycles. The Morgan fingerprint density at radius 2 is 2.00 bits per heavy atom. The summed E-state index contributed by atoms with van der Waals surface area (Å²) in [4.78, 5) is 14.8. The van der Waals surface area contributed by atoms with Gasteiger partial charge >= 0.3 is 0 Å². The minimum absolute atomic E-state index is 0.0261. The molecule has 3 rings (SSSR count). The van der Waals surface area contributed by atoms with Gasteiger partial charge in [0, 0.05) is 23.8 Å². The van der Waals surface area contributed by atoms with E-state index in [2.05, 4.69) is 11.3 Å². The highest BCUT2D eigenvalue weighted by Gasteiger charge is 2.32. The van der Waals surface area contributed by atoms with E-state index in [0.717, 1.165) is 11.3 Å². The van der Waals surface area contributed by atoms with Crippen LogP contribution in [0.4, 0.5) is 5.69 Å². The maximum absolute atomic E-state index is 12.8. The monoisotopic (exact) mass is 356 g/mol. The Balaban J connectivity index is 1.94. The highest BCUT2D eigenvalue weighted by molar-refractivity contribution is 7.89. The molecule has 2 aromatic carbocycles. The van der Waals surface area contributed by atoms with E-state index in [4.69, 9.17) is 0 Å². The molecule has 1 heterocycles. The molecule has 1 aliphatic rings. The Bertz CT molecular complexity index is 908. The van der Waals surface area contributed by atoms with Gasteiger partial charge in [-0.2, -0.15) is 0 Å². The van der Waals surface area contributed by atoms with E-state index in [1.54, 1.807) is 29.2 Å². The Labute approximate surface area is 148 Å². The van der Waals surface area contributed by atoms with Crippen LogP contribution >= 0.6 is 0 Å². The number of fused-ring (bicyclic) bond motifs is 1. The van der Waals surface area contributed by atoms with Crippen molar-refractivity contribution in [3.05, 3.63) is 72.3 Å². The second-order valence-electron chi connectivity index (χ2n) is 6.03. The molecule has 0 unspecified atom stereocenters. The topological polar surface area (TPSA) is 66.5 Å². The number of hydrogen-bond acceptors (Lipinski definition) is 3. The van der Waals surface area contributed by atoms with Crippen molar-refractivity contribution >= 4 is 21.6 Å². The van der Waals surface area contributed by atoms with E-state index in [9.17, 15) is 13.2 Å². The lowest BCUT2D eigenvalue weighted by molar-refractivity contribution is 0.0981. The molecule has 0 aliphatic carbocycles. The molecule has 0 saturated heterocycles. The molecule has 5 nitrogen and oxygen atoms in total. The van der Waals surface area contributed by atoms with Crippen LogP contribution in [0.1, 0.15) is 22.8 Å². The van der Waals surface area contributed by atoms with E-state index in [-0.39, 0.29) is 23.4 Å². The van der Waals surface area contributed by atoms with Gasteiger partial charge in [0.2, 0.25) is 10.0 Å². The van der Waals surface area contributed by atoms with Gasteiger partial charge in [0.1, 0.15) is 0 Å². The van der Waals surface area contributed by atoms with E-state index in [1.807, 2.05) is 25.1 Å². The van der Waals surface area contributed by atoms with Crippen molar-refractivity contribution < 1.29 is 13.2 Å². The van der Waals surface area contributed by atoms with Crippen molar-refractivity contribution in [3.8, 4) is 0 Å². The standard InChI is InChI=1S/C19H20N2O3S/c1-3-11-20-25(23,24)17-9-10-18-16(13-17)12-14(2)21(18)19(22)15-7-5-4-6-8-15/h3-10,13-14,20H,1,11-12H2,2H3/t14-/m0/s1. The van der Waals surface area contributed by atoms with Crippen LogP contribution in [0.15, 0.2) is 66.1 Å². The molecule has 6 heteroatoms. The number of benzene rings is 2. The molecule has 2 aromatic rings. The summed E-state index contributed by atoms with van der Waals surface area (Å²) in [5, 5.41) is 0. The van der Waals surface area contributed by atoms with Crippen molar-refractivity contribution in [1.29, 1.82) is 0 Å². The van der Waals surface area contributed by atoms with Crippen LogP contribution in [0.25, 0.3) is 0 Å². The summed E-state index contributed by atoms with van der Waals surface area (Å²) < 4.78 is 27.0. The van der Waals surface area contributed by atoms with Gasteiger partial charge in [-0.3, -0.25) is 4.79 Å². The third kappa shape index (κ3) is 3.36. The summed E-state index contributed by atoms with van der Waals surface area (Å²) in [5.74, 6) is -0.0766. The van der Waals surface area contributed by atoms with Gasteiger partial charge in [0.25, 0.3) is 5.91 Å². The van der Waals surface area contributed by atoms with Gasteiger partial charge in [0.15, 0.2) is 0 Å². The van der Waals surface area contributed by atoms with Gasteiger partial charge in [-0.25, -0.2) is 13.1 Å². The zero-order valence-electron chi connectivity index (χ0n) is 14.0. The van der Waals surface area contributed by atoms with Crippen molar-refractivity contribution in [2.24, 2.45) is 0 Å². The van der Waals surface area contributed by atoms with Gasteiger partial charge in [-0.05, 0) is 49.2 Å². The fourth-order valence-electron chi connectivity index (χ4n) is 3.06. The summed E-state index contributed by atoms with van der Waals surface area (Å²) >= 11 is 0. The minimum Gasteiger partial charge on any atom is -0.305 e. The first-order valence-corrected chi connectivity index (χ1v) is 9.54. The lowest BCUT2D eigenvalue weighted by Crippen LogP contribution is -2.35. The summed E-state index contributed by atoms with van der Waals surface area (Å²) in [5.41, 5.74) is 2.24. The van der Waals surface area contributed by atoms with Crippen molar-refractivity contribution in [2.75, 3.05) is 11.4 Å². The largest absolute Gasteiger partial charge is 0.305 e. The Morgan fingerprint density at radius 1 is 1.28 bits per heavy atom. The van der Waals surface area contributed by atoms with Crippen LogP contribution in [0.3, 0.4) is 0 Å². The zero-order chi connectivity index (χ0) is 18.0. The number of amides is 1. The molecule has 0 spiro atoms. The van der Waals surface area contributed by atoms with Crippen LogP contribution in [0.2, 0.25) is 0 Å². The smallest absolute Gasteiger partial charge is 0.258 e. The number of anilines is 1. The maximum atomic E-state index is 12.8. The average molecular weight is 356 g/mol. The summed E-state index contributed by atoms with van der Waals surface area (Å²) in [6.45, 7) is 5.65. The van der Waals surface area contributed by atoms with Crippen LogP contribution in [-0.4, -0.2) is 26.9 Å². The number of carbonyl (C=O) groups is 1. The maximum Gasteiger partial charge on any atom is 0.258 e. The quantitative estimate of drug-likeness (QED) is 0.838. The molecule has 1 aliphatic heterocycles. The normalized spacial score (nSPS) is 16.5. The molecule has 1 atom stereocenters. The molecule has 25 heavy (non-hydrogen) atoms. The highest BCUT2D eigenvalue weighted by Crippen LogP contribution is 2.34. The molecule has 130 valence electrons. The second kappa shape index (κ2) is 6.82. The number of sulfonamides is 1. The molecule has 1 amide bonds. The molecule has 0 bridgehead atoms. The summed E-state index contributed by atoms with van der Waals surface area (Å²) in [7, 11) is -3.58. The van der Waals surface area contributed by atoms with Gasteiger partial charge < -0.3 is 4.90 Å². The first-order chi connectivity index (χ1) is 11.9. The van der Waals surface area contributed by atoms with Crippen molar-refractivity contribution in [2.45, 2.75) is 24.3 Å². The fourth-order valence-corrected chi connectivity index (χ4v) is 4.10. The first kappa shape index (κ1) is 17.4. The second-order valence-corrected chi connectivity index (χ2v) is 7.79. The molecule has 0 aromatic heterocycles. The first-order valence-electron chi connectivity index (χ1n) is 8.06. The number of hydrogen-bond donors (Lipinski definition) is 1. The van der Waals surface area contributed by atoms with E-state index in [1.165, 1.54) is 12.1 Å². The Kier molecular flexibility index (Phi) is 4.74. The summed E-state index contributed by atoms with van der Waals surface area (Å²) in [6.07, 6.45) is 2.12. The SMILES string of the molecule is C=CCNS(=O)(=O)c1ccc2c(c1)C[C@H](C)N2C(=O)c1ccccc1. The van der Waals surface area contributed by atoms with E-state index >= 15 is 0 Å². The van der Waals surface area contributed by atoms with Crippen LogP contribution < -0.4 is 9.62 Å². The number of nitrogens with one attached hydrogen (secondary N) is 1. The lowest BCUT2D eigenvalue weighted by atomic mass is 10.1. The zero-order valence-corrected chi connectivity index (χ0v) is 14.8. The minimum atomic E-state index is -3.58. The Hall–Kier alpha value is -2.44. The number of carbonyl (C=O) groups excluding carboxylic acids is 1. The number of nitrogens with zero attached hydrogens (tertiary/aromatic N) is 1. The summed E-state index contributed by atoms with van der Waals surface area (Å²) in [6, 6.07) is 14.0. The van der Waals surface area contributed by atoms with Gasteiger partial charge in [0.05, 0.1) is 4.90 Å². The molecule has 0 fully saturated rings. The fraction of sp³-hybridized carbons (Fsp3) is 0.211. The highest BCUT2D eigenvalue weighted by atomic mass is 32.2. The van der Waals surface area contributed by atoms with Gasteiger partial charge in [-0.15, -0.1) is 6.58 Å². The van der Waals surface area contributed by atoms with Crippen LogP contribution in [0.5, 0.6) is 0 Å². The van der Waals surface area contributed by atoms with Crippen molar-refractivity contribution in [1.82, 2.24) is 4.72 Å². The molecule has 0 radical (unpaired) electrons. The predicted molar refractivity (Wildman–Crippen MR) is 98.2 cm³/mol. The van der Waals surface area contributed by atoms with Crippen molar-refractivity contribution in [3.63, 3.8) is 0 Å². The van der Waals surface area contributed by atoms with E-state index < -0.39 is 10.0 Å². The number of rotatable bonds is 5. The molecular formula is C19H20N2O3S. The van der Waals surface area contributed by atoms with Crippen LogP contribution in [-0.2, 0) is 16.4 Å². The third-order valence-corrected chi connectivity index (χ3v) is 5.66. The molecular weight excluding hydrogens is 336 g/mol. The Morgan fingerprint density at radius 3 is 2.68 bits per heavy atom. The third-order valence-electron chi connectivity index (χ3n) is 4.23. The lowest BCUT2D eigenvalue weighted by Gasteiger charge is -2.23. The van der Waals surface area contributed by atoms with Crippen LogP contribution in [0, 0.1) is 0 Å². The van der Waals surface area contributed by atoms with E-state index in [0.29, 0.717) is 12.0 Å². The predicted octanol–water partition coefficient (Wildman–Crippen LogP) is 2.74.